The zero-order valence-corrected chi connectivity index (χ0v) is 23.0. The highest BCUT2D eigenvalue weighted by Crippen LogP contribution is 2.46. The summed E-state index contributed by atoms with van der Waals surface area (Å²) in [5, 5.41) is 11.5. The molecule has 0 radical (unpaired) electrons. The minimum Gasteiger partial charge on any atom is -0.463 e. The summed E-state index contributed by atoms with van der Waals surface area (Å²) >= 11 is 0. The van der Waals surface area contributed by atoms with Crippen LogP contribution in [-0.2, 0) is 14.3 Å². The van der Waals surface area contributed by atoms with E-state index in [1.54, 1.807) is 0 Å². The Labute approximate surface area is 229 Å². The van der Waals surface area contributed by atoms with Crippen LogP contribution in [0.15, 0.2) is 0 Å². The van der Waals surface area contributed by atoms with Gasteiger partial charge in [-0.25, -0.2) is 8.78 Å². The van der Waals surface area contributed by atoms with Gasteiger partial charge in [0.1, 0.15) is 19.0 Å². The van der Waals surface area contributed by atoms with Crippen LogP contribution in [-0.4, -0.2) is 67.6 Å². The number of nitrogens with one attached hydrogen (secondary N) is 2. The molecule has 6 nitrogen and oxygen atoms in total. The quantitative estimate of drug-likeness (QED) is 0.356. The fourth-order valence-corrected chi connectivity index (χ4v) is 8.15. The average molecular weight is 560 g/mol. The van der Waals surface area contributed by atoms with E-state index in [1.807, 2.05) is 11.8 Å². The Morgan fingerprint density at radius 2 is 1.82 bits per heavy atom. The number of hydrogen-bond acceptors (Lipinski definition) is 4. The standard InChI is InChI=1S/C29H45F4N3O3/c1-16-10-19(4-7-24(16)31)26(18-2-3-18)35-27(37)21-12-17(15-36-8-9-38-29(36)34)11-20(13-21)23-6-5-22(30)14-25(23)39-28(32)33/h16-26,28,34H,2-15H2,1H3,(H,35,37)/t16?,17?,19?,20?,21?,22?,23?,24?,25?,26-/m0/s1. The Morgan fingerprint density at radius 1 is 1.05 bits per heavy atom. The molecule has 1 saturated heterocycles. The highest BCUT2D eigenvalue weighted by Gasteiger charge is 2.46. The van der Waals surface area contributed by atoms with Crippen LogP contribution in [0.4, 0.5) is 17.6 Å². The van der Waals surface area contributed by atoms with Gasteiger partial charge in [-0.2, -0.15) is 8.78 Å². The van der Waals surface area contributed by atoms with Gasteiger partial charge in [0.15, 0.2) is 0 Å². The first-order valence-corrected chi connectivity index (χ1v) is 15.2. The summed E-state index contributed by atoms with van der Waals surface area (Å²) < 4.78 is 65.2. The van der Waals surface area contributed by atoms with Gasteiger partial charge in [-0.3, -0.25) is 10.2 Å². The molecule has 2 N–H and O–H groups in total. The van der Waals surface area contributed by atoms with Crippen molar-refractivity contribution in [3.05, 3.63) is 0 Å². The van der Waals surface area contributed by atoms with Gasteiger partial charge < -0.3 is 19.7 Å². The van der Waals surface area contributed by atoms with E-state index in [9.17, 15) is 22.4 Å². The Kier molecular flexibility index (Phi) is 9.28. The molecule has 222 valence electrons. The van der Waals surface area contributed by atoms with E-state index in [1.165, 1.54) is 0 Å². The molecule has 5 fully saturated rings. The number of hydrogen-bond donors (Lipinski definition) is 2. The SMILES string of the molecule is CC1CC([C@@H](NC(=O)C2CC(CN3CCOC3=N)CC(C3CCC(F)CC3OC(F)F)C2)C2CC2)CCC1F. The summed E-state index contributed by atoms with van der Waals surface area (Å²) in [5.74, 6) is 0.299. The maximum atomic E-state index is 14.2. The van der Waals surface area contributed by atoms with Gasteiger partial charge in [0.2, 0.25) is 5.91 Å². The highest BCUT2D eigenvalue weighted by molar-refractivity contribution is 5.79. The smallest absolute Gasteiger partial charge is 0.345 e. The van der Waals surface area contributed by atoms with Crippen molar-refractivity contribution in [2.45, 2.75) is 109 Å². The summed E-state index contributed by atoms with van der Waals surface area (Å²) in [6, 6.07) is 0.199. The predicted octanol–water partition coefficient (Wildman–Crippen LogP) is 5.70. The number of halogens is 4. The molecule has 10 atom stereocenters. The second-order valence-electron chi connectivity index (χ2n) is 13.1. The lowest BCUT2D eigenvalue weighted by Crippen LogP contribution is -2.49. The predicted molar refractivity (Wildman–Crippen MR) is 139 cm³/mol. The van der Waals surface area contributed by atoms with Crippen LogP contribution < -0.4 is 5.32 Å². The van der Waals surface area contributed by atoms with Crippen molar-refractivity contribution < 1.29 is 31.8 Å². The lowest BCUT2D eigenvalue weighted by Gasteiger charge is -2.44. The zero-order valence-electron chi connectivity index (χ0n) is 23.0. The van der Waals surface area contributed by atoms with E-state index in [0.717, 1.165) is 32.1 Å². The molecule has 39 heavy (non-hydrogen) atoms. The number of amidine groups is 1. The summed E-state index contributed by atoms with van der Waals surface area (Å²) in [4.78, 5) is 15.7. The van der Waals surface area contributed by atoms with E-state index in [2.05, 4.69) is 5.32 Å². The summed E-state index contributed by atoms with van der Waals surface area (Å²) in [7, 11) is 0. The molecule has 4 aliphatic carbocycles. The molecule has 5 aliphatic rings. The van der Waals surface area contributed by atoms with Crippen LogP contribution in [0.1, 0.15) is 77.6 Å². The van der Waals surface area contributed by atoms with Crippen molar-refractivity contribution in [3.8, 4) is 0 Å². The van der Waals surface area contributed by atoms with Gasteiger partial charge in [0.05, 0.1) is 12.6 Å². The number of carbonyl (C=O) groups excluding carboxylic acids is 1. The molecule has 0 bridgehead atoms. The topological polar surface area (TPSA) is 74.7 Å². The number of ether oxygens (including phenoxy) is 2. The minimum atomic E-state index is -2.95. The molecule has 0 aromatic heterocycles. The lowest BCUT2D eigenvalue weighted by molar-refractivity contribution is -0.196. The third-order valence-electron chi connectivity index (χ3n) is 10.3. The van der Waals surface area contributed by atoms with Crippen LogP contribution in [0.2, 0.25) is 0 Å². The molecular formula is C29H45F4N3O3. The largest absolute Gasteiger partial charge is 0.463 e. The van der Waals surface area contributed by atoms with E-state index >= 15 is 0 Å². The lowest BCUT2D eigenvalue weighted by atomic mass is 9.65. The average Bonchev–Trinajstić information content (AvgIpc) is 3.65. The summed E-state index contributed by atoms with van der Waals surface area (Å²) in [5.41, 5.74) is 0. The third kappa shape index (κ3) is 7.20. The van der Waals surface area contributed by atoms with Gasteiger partial charge in [-0.1, -0.05) is 6.92 Å². The molecule has 9 unspecified atom stereocenters. The van der Waals surface area contributed by atoms with Crippen molar-refractivity contribution in [3.63, 3.8) is 0 Å². The van der Waals surface area contributed by atoms with Crippen LogP contribution in [0.5, 0.6) is 0 Å². The molecule has 0 aromatic carbocycles. The fourth-order valence-electron chi connectivity index (χ4n) is 8.15. The number of rotatable bonds is 9. The van der Waals surface area contributed by atoms with E-state index in [0.29, 0.717) is 57.7 Å². The Balaban J connectivity index is 1.30. The Bertz CT molecular complexity index is 860. The first-order chi connectivity index (χ1) is 18.7. The van der Waals surface area contributed by atoms with E-state index < -0.39 is 25.1 Å². The monoisotopic (exact) mass is 559 g/mol. The van der Waals surface area contributed by atoms with Crippen LogP contribution >= 0.6 is 0 Å². The van der Waals surface area contributed by atoms with Gasteiger partial charge in [0.25, 0.3) is 6.02 Å². The van der Waals surface area contributed by atoms with E-state index in [-0.39, 0.29) is 59.9 Å². The second kappa shape index (κ2) is 12.5. The van der Waals surface area contributed by atoms with Crippen molar-refractivity contribution in [2.24, 2.45) is 41.4 Å². The zero-order chi connectivity index (χ0) is 27.7. The Hall–Kier alpha value is -1.58. The number of alkyl halides is 4. The molecular weight excluding hydrogens is 514 g/mol. The Morgan fingerprint density at radius 3 is 2.49 bits per heavy atom. The van der Waals surface area contributed by atoms with Gasteiger partial charge in [-0.05, 0) is 99.7 Å². The molecule has 5 rings (SSSR count). The normalized spacial score (nSPS) is 40.4. The molecule has 1 aliphatic heterocycles. The molecule has 1 amide bonds. The van der Waals surface area contributed by atoms with Crippen LogP contribution in [0, 0.1) is 46.8 Å². The van der Waals surface area contributed by atoms with Crippen LogP contribution in [0.25, 0.3) is 0 Å². The van der Waals surface area contributed by atoms with Gasteiger partial charge >= 0.3 is 6.61 Å². The molecule has 1 heterocycles. The maximum Gasteiger partial charge on any atom is 0.345 e. The summed E-state index contributed by atoms with van der Waals surface area (Å²) in [6.45, 7) is 0.682. The maximum absolute atomic E-state index is 14.2. The van der Waals surface area contributed by atoms with Crippen LogP contribution in [0.3, 0.4) is 0 Å². The number of carbonyl (C=O) groups is 1. The summed E-state index contributed by atoms with van der Waals surface area (Å²) in [6.07, 6.45) is 4.27. The van der Waals surface area contributed by atoms with Crippen molar-refractivity contribution in [1.82, 2.24) is 10.2 Å². The van der Waals surface area contributed by atoms with Crippen molar-refractivity contribution >= 4 is 11.9 Å². The number of amides is 1. The van der Waals surface area contributed by atoms with Gasteiger partial charge in [0, 0.05) is 24.9 Å². The molecule has 10 heteroatoms. The third-order valence-corrected chi connectivity index (χ3v) is 10.3. The fraction of sp³-hybridized carbons (Fsp3) is 0.931. The first kappa shape index (κ1) is 28.9. The first-order valence-electron chi connectivity index (χ1n) is 15.2. The molecule has 0 spiro atoms. The minimum absolute atomic E-state index is 0.000687. The van der Waals surface area contributed by atoms with Crippen molar-refractivity contribution in [2.75, 3.05) is 19.7 Å². The number of nitrogens with zero attached hydrogens (tertiary/aromatic N) is 1. The van der Waals surface area contributed by atoms with E-state index in [4.69, 9.17) is 14.9 Å². The second-order valence-corrected chi connectivity index (χ2v) is 13.1. The molecule has 0 aromatic rings. The van der Waals surface area contributed by atoms with Gasteiger partial charge in [-0.15, -0.1) is 0 Å². The molecule has 4 saturated carbocycles. The highest BCUT2D eigenvalue weighted by atomic mass is 19.3. The van der Waals surface area contributed by atoms with Crippen molar-refractivity contribution in [1.29, 1.82) is 5.41 Å².